The number of nitrogens with two attached hydrogens (primary N) is 2. The molecule has 4 heterocycles. The highest BCUT2D eigenvalue weighted by molar-refractivity contribution is 6.39. The maximum atomic E-state index is 13.5. The first-order valence-electron chi connectivity index (χ1n) is 12.2. The Morgan fingerprint density at radius 2 is 1.68 bits per heavy atom. The van der Waals surface area contributed by atoms with Crippen LogP contribution in [0.25, 0.3) is 43.6 Å². The molecule has 0 aliphatic carbocycles. The van der Waals surface area contributed by atoms with Crippen LogP contribution in [0.2, 0.25) is 0 Å². The molecule has 0 spiro atoms. The number of aromatic nitrogens is 2. The molecule has 2 amide bonds. The Kier molecular flexibility index (Phi) is 4.95. The highest BCUT2D eigenvalue weighted by Gasteiger charge is 2.46. The van der Waals surface area contributed by atoms with E-state index in [1.54, 1.807) is 0 Å². The molecule has 1 saturated heterocycles. The summed E-state index contributed by atoms with van der Waals surface area (Å²) in [5, 5.41) is 24.3. The average molecular weight is 516 g/mol. The van der Waals surface area contributed by atoms with Crippen molar-refractivity contribution in [3.05, 3.63) is 59.7 Å². The molecule has 5 aromatic rings. The number of para-hydroxylation sites is 2. The van der Waals surface area contributed by atoms with Crippen LogP contribution in [-0.2, 0) is 9.47 Å². The summed E-state index contributed by atoms with van der Waals surface area (Å²) >= 11 is 0. The summed E-state index contributed by atoms with van der Waals surface area (Å²) in [5.74, 6) is 4.78. The molecule has 0 unspecified atom stereocenters. The van der Waals surface area contributed by atoms with Gasteiger partial charge in [0, 0.05) is 34.2 Å². The Hall–Kier alpha value is -3.84. The third-order valence-corrected chi connectivity index (χ3v) is 7.92. The van der Waals surface area contributed by atoms with Gasteiger partial charge in [-0.3, -0.25) is 9.59 Å². The fourth-order valence-corrected chi connectivity index (χ4v) is 6.24. The number of benzene rings is 3. The van der Waals surface area contributed by atoms with Crippen LogP contribution in [0.4, 0.5) is 0 Å². The Morgan fingerprint density at radius 1 is 1.03 bits per heavy atom. The Balaban J connectivity index is 1.68. The molecule has 5 atom stereocenters. The molecule has 11 heteroatoms. The Labute approximate surface area is 215 Å². The molecule has 0 radical (unpaired) electrons. The highest BCUT2D eigenvalue weighted by Crippen LogP contribution is 2.46. The lowest BCUT2D eigenvalue weighted by molar-refractivity contribution is -0.216. The zero-order valence-corrected chi connectivity index (χ0v) is 20.3. The van der Waals surface area contributed by atoms with Gasteiger partial charge in [0.15, 0.2) is 6.23 Å². The number of hydrazine groups is 1. The van der Waals surface area contributed by atoms with Crippen molar-refractivity contribution in [2.24, 2.45) is 11.6 Å². The number of nitrogens with zero attached hydrogens (tertiary/aromatic N) is 2. The lowest BCUT2D eigenvalue weighted by Crippen LogP contribution is -2.60. The average Bonchev–Trinajstić information content (AvgIpc) is 3.55. The van der Waals surface area contributed by atoms with Gasteiger partial charge in [0.05, 0.1) is 40.3 Å². The van der Waals surface area contributed by atoms with Crippen LogP contribution in [0.3, 0.4) is 0 Å². The predicted octanol–water partition coefficient (Wildman–Crippen LogP) is 1.49. The normalized spacial score (nSPS) is 25.9. The van der Waals surface area contributed by atoms with Crippen LogP contribution in [-0.4, -0.2) is 74.7 Å². The number of nitrogens with one attached hydrogen (secondary N) is 1. The fraction of sp³-hybridized carbons (Fsp3) is 0.259. The molecule has 11 nitrogen and oxygen atoms in total. The Bertz CT molecular complexity index is 1810. The van der Waals surface area contributed by atoms with Gasteiger partial charge in [0.2, 0.25) is 0 Å². The molecule has 1 fully saturated rings. The number of hydrogen-bond donors (Lipinski definition) is 5. The third kappa shape index (κ3) is 2.77. The lowest BCUT2D eigenvalue weighted by Gasteiger charge is -2.43. The van der Waals surface area contributed by atoms with E-state index in [0.717, 1.165) is 10.9 Å². The van der Waals surface area contributed by atoms with Gasteiger partial charge in [-0.1, -0.05) is 36.4 Å². The minimum absolute atomic E-state index is 0.207. The van der Waals surface area contributed by atoms with Crippen LogP contribution in [0.1, 0.15) is 26.9 Å². The minimum atomic E-state index is -1.15. The molecule has 0 bridgehead atoms. The van der Waals surface area contributed by atoms with Crippen molar-refractivity contribution in [1.82, 2.24) is 14.6 Å². The number of amides is 2. The second kappa shape index (κ2) is 8.08. The maximum absolute atomic E-state index is 13.5. The molecular weight excluding hydrogens is 490 g/mol. The van der Waals surface area contributed by atoms with E-state index < -0.39 is 49.0 Å². The smallest absolute Gasteiger partial charge is 0.276 e. The number of methoxy groups -OCH3 is 1. The van der Waals surface area contributed by atoms with Gasteiger partial charge in [-0.2, -0.15) is 0 Å². The number of aromatic amines is 1. The predicted molar refractivity (Wildman–Crippen MR) is 139 cm³/mol. The number of ether oxygens (including phenoxy) is 2. The Morgan fingerprint density at radius 3 is 2.39 bits per heavy atom. The summed E-state index contributed by atoms with van der Waals surface area (Å²) in [6, 6.07) is 13.9. The second-order valence-corrected chi connectivity index (χ2v) is 9.78. The van der Waals surface area contributed by atoms with Crippen molar-refractivity contribution < 1.29 is 29.3 Å². The van der Waals surface area contributed by atoms with E-state index in [1.165, 1.54) is 7.11 Å². The number of imide groups is 1. The number of H-pyrrole nitrogens is 1. The van der Waals surface area contributed by atoms with Gasteiger partial charge in [-0.25, -0.2) is 10.9 Å². The first-order chi connectivity index (χ1) is 18.4. The van der Waals surface area contributed by atoms with E-state index >= 15 is 0 Å². The summed E-state index contributed by atoms with van der Waals surface area (Å²) in [5.41, 5.74) is 9.63. The van der Waals surface area contributed by atoms with Crippen LogP contribution in [0, 0.1) is 0 Å². The number of rotatable bonds is 3. The summed E-state index contributed by atoms with van der Waals surface area (Å²) in [7, 11) is 1.42. The number of fused-ring (bicyclic) bond motifs is 10. The molecule has 7 rings (SSSR count). The standard InChI is InChI=1S/C27H25N5O6/c1-37-24-15(10-33)38-27(20(28)23(24)34)31-14-9-5-3-7-12(14)17-19-18(25(35)32(29)26(19)36)16-11-6-2-4-8-13(11)30-21(16)22(17)31/h2-9,15,20,23-24,27,30,33-34H,10,28-29H2,1H3/t15-,20-,23-,24-,27-/m1/s1. The van der Waals surface area contributed by atoms with E-state index in [-0.39, 0.29) is 11.1 Å². The third-order valence-electron chi connectivity index (χ3n) is 7.92. The lowest BCUT2D eigenvalue weighted by atomic mass is 9.95. The number of carbonyl (C=O) groups is 2. The zero-order valence-electron chi connectivity index (χ0n) is 20.3. The van der Waals surface area contributed by atoms with Crippen molar-refractivity contribution >= 4 is 55.4 Å². The van der Waals surface area contributed by atoms with Crippen molar-refractivity contribution in [1.29, 1.82) is 0 Å². The molecule has 2 aliphatic heterocycles. The SMILES string of the molecule is CO[C@H]1[C@H](O)[C@@H](N)[C@H](n2c3ccccc3c3c4c(c5c6ccccc6[nH]c5c32)C(=O)N(N)C4=O)O[C@@H]1CO. The van der Waals surface area contributed by atoms with E-state index in [1.807, 2.05) is 53.1 Å². The summed E-state index contributed by atoms with van der Waals surface area (Å²) < 4.78 is 13.5. The fourth-order valence-electron chi connectivity index (χ4n) is 6.24. The highest BCUT2D eigenvalue weighted by atomic mass is 16.6. The van der Waals surface area contributed by atoms with Gasteiger partial charge in [0.1, 0.15) is 18.3 Å². The molecule has 2 aromatic heterocycles. The summed E-state index contributed by atoms with van der Waals surface area (Å²) in [6.45, 7) is -0.401. The minimum Gasteiger partial charge on any atom is -0.394 e. The summed E-state index contributed by atoms with van der Waals surface area (Å²) in [4.78, 5) is 30.2. The van der Waals surface area contributed by atoms with Gasteiger partial charge in [-0.05, 0) is 12.1 Å². The molecule has 194 valence electrons. The van der Waals surface area contributed by atoms with Crippen molar-refractivity contribution in [3.8, 4) is 0 Å². The molecule has 2 aliphatic rings. The number of carbonyl (C=O) groups excluding carboxylic acids is 2. The van der Waals surface area contributed by atoms with E-state index in [9.17, 15) is 19.8 Å². The first-order valence-corrected chi connectivity index (χ1v) is 12.2. The largest absolute Gasteiger partial charge is 0.394 e. The van der Waals surface area contributed by atoms with Crippen molar-refractivity contribution in [2.45, 2.75) is 30.6 Å². The number of aliphatic hydroxyl groups excluding tert-OH is 2. The maximum Gasteiger partial charge on any atom is 0.276 e. The van der Waals surface area contributed by atoms with Crippen LogP contribution < -0.4 is 11.6 Å². The van der Waals surface area contributed by atoms with Crippen molar-refractivity contribution in [3.63, 3.8) is 0 Å². The molecule has 0 saturated carbocycles. The van der Waals surface area contributed by atoms with Crippen LogP contribution in [0.15, 0.2) is 48.5 Å². The van der Waals surface area contributed by atoms with Crippen LogP contribution >= 0.6 is 0 Å². The molecule has 38 heavy (non-hydrogen) atoms. The topological polar surface area (TPSA) is 169 Å². The quantitative estimate of drug-likeness (QED) is 0.137. The molecular formula is C27H25N5O6. The van der Waals surface area contributed by atoms with Crippen molar-refractivity contribution in [2.75, 3.05) is 13.7 Å². The second-order valence-electron chi connectivity index (χ2n) is 9.78. The zero-order chi connectivity index (χ0) is 26.5. The molecule has 7 N–H and O–H groups in total. The van der Waals surface area contributed by atoms with E-state index in [2.05, 4.69) is 4.98 Å². The first kappa shape index (κ1) is 23.3. The monoisotopic (exact) mass is 515 g/mol. The van der Waals surface area contributed by atoms with E-state index in [0.29, 0.717) is 37.7 Å². The van der Waals surface area contributed by atoms with Crippen LogP contribution in [0.5, 0.6) is 0 Å². The van der Waals surface area contributed by atoms with E-state index in [4.69, 9.17) is 21.1 Å². The van der Waals surface area contributed by atoms with Gasteiger partial charge >= 0.3 is 0 Å². The van der Waals surface area contributed by atoms with Gasteiger partial charge in [0.25, 0.3) is 11.8 Å². The number of aliphatic hydroxyl groups is 2. The number of hydrogen-bond acceptors (Lipinski definition) is 8. The van der Waals surface area contributed by atoms with Gasteiger partial charge < -0.3 is 35.0 Å². The van der Waals surface area contributed by atoms with Gasteiger partial charge in [-0.15, -0.1) is 0 Å². The summed E-state index contributed by atoms with van der Waals surface area (Å²) in [6.07, 6.45) is -3.78. The molecule has 3 aromatic carbocycles.